The lowest BCUT2D eigenvalue weighted by Gasteiger charge is -2.33. The van der Waals surface area contributed by atoms with Crippen molar-refractivity contribution in [1.82, 2.24) is 23.4 Å². The highest BCUT2D eigenvalue weighted by atomic mass is 32.2. The van der Waals surface area contributed by atoms with Gasteiger partial charge in [-0.25, -0.2) is 0 Å². The molecule has 1 aliphatic heterocycles. The van der Waals surface area contributed by atoms with Gasteiger partial charge in [0, 0.05) is 45.6 Å². The first-order valence-corrected chi connectivity index (χ1v) is 10.8. The number of hydrogen-bond donors (Lipinski definition) is 0. The summed E-state index contributed by atoms with van der Waals surface area (Å²) < 4.78 is 29.6. The molecule has 148 valence electrons. The summed E-state index contributed by atoms with van der Waals surface area (Å²) >= 11 is 0. The Bertz CT molecular complexity index is 858. The van der Waals surface area contributed by atoms with Crippen LogP contribution in [0.15, 0.2) is 30.6 Å². The fourth-order valence-electron chi connectivity index (χ4n) is 3.59. The fourth-order valence-corrected chi connectivity index (χ4v) is 4.81. The van der Waals surface area contributed by atoms with Crippen molar-refractivity contribution < 1.29 is 8.42 Å². The molecule has 0 spiro atoms. The minimum Gasteiger partial charge on any atom is -0.261 e. The summed E-state index contributed by atoms with van der Waals surface area (Å²) in [5.74, 6) is 0.322. The van der Waals surface area contributed by atoms with E-state index in [4.69, 9.17) is 0 Å². The van der Waals surface area contributed by atoms with Gasteiger partial charge >= 0.3 is 0 Å². The van der Waals surface area contributed by atoms with Crippen LogP contribution in [-0.2, 0) is 16.6 Å². The van der Waals surface area contributed by atoms with Crippen molar-refractivity contribution in [2.24, 2.45) is 5.92 Å². The van der Waals surface area contributed by atoms with E-state index in [1.807, 2.05) is 23.0 Å². The van der Waals surface area contributed by atoms with E-state index in [-0.39, 0.29) is 6.04 Å². The zero-order valence-electron chi connectivity index (χ0n) is 16.5. The Morgan fingerprint density at radius 2 is 2.04 bits per heavy atom. The van der Waals surface area contributed by atoms with Gasteiger partial charge in [0.05, 0.1) is 11.4 Å². The van der Waals surface area contributed by atoms with E-state index in [1.54, 1.807) is 24.6 Å². The van der Waals surface area contributed by atoms with Gasteiger partial charge in [-0.15, -0.1) is 0 Å². The van der Waals surface area contributed by atoms with Crippen molar-refractivity contribution in [1.29, 1.82) is 0 Å². The molecule has 7 nitrogen and oxygen atoms in total. The predicted octanol–water partition coefficient (Wildman–Crippen LogP) is 2.59. The molecule has 3 heterocycles. The number of aromatic nitrogens is 3. The summed E-state index contributed by atoms with van der Waals surface area (Å²) in [5, 5.41) is 4.36. The molecule has 0 aliphatic carbocycles. The number of hydrogen-bond acceptors (Lipinski definition) is 4. The van der Waals surface area contributed by atoms with E-state index in [9.17, 15) is 8.42 Å². The SMILES string of the molecule is CC(C)n1nccc1-c1ccc(C[C@@H]2CCCN(S(=O)(=O)N(C)C)C2)cn1. The molecule has 2 aromatic rings. The average molecular weight is 392 g/mol. The van der Waals surface area contributed by atoms with E-state index in [2.05, 4.69) is 30.0 Å². The normalized spacial score (nSPS) is 19.1. The molecule has 0 unspecified atom stereocenters. The maximum atomic E-state index is 12.4. The molecular weight excluding hydrogens is 362 g/mol. The van der Waals surface area contributed by atoms with Gasteiger partial charge in [-0.2, -0.15) is 22.1 Å². The van der Waals surface area contributed by atoms with Gasteiger partial charge in [-0.05, 0) is 56.7 Å². The van der Waals surface area contributed by atoms with Gasteiger partial charge in [0.25, 0.3) is 10.2 Å². The van der Waals surface area contributed by atoms with Gasteiger partial charge in [0.15, 0.2) is 0 Å². The Morgan fingerprint density at radius 1 is 1.26 bits per heavy atom. The highest BCUT2D eigenvalue weighted by molar-refractivity contribution is 7.86. The zero-order chi connectivity index (χ0) is 19.6. The van der Waals surface area contributed by atoms with E-state index in [1.165, 1.54) is 4.31 Å². The van der Waals surface area contributed by atoms with Crippen molar-refractivity contribution in [3.63, 3.8) is 0 Å². The monoisotopic (exact) mass is 391 g/mol. The van der Waals surface area contributed by atoms with Crippen molar-refractivity contribution in [2.75, 3.05) is 27.2 Å². The molecule has 0 saturated carbocycles. The van der Waals surface area contributed by atoms with Crippen LogP contribution in [0.25, 0.3) is 11.4 Å². The van der Waals surface area contributed by atoms with Gasteiger partial charge in [0.1, 0.15) is 0 Å². The first kappa shape index (κ1) is 20.0. The zero-order valence-corrected chi connectivity index (χ0v) is 17.4. The lowest BCUT2D eigenvalue weighted by Crippen LogP contribution is -2.45. The number of rotatable bonds is 6. The lowest BCUT2D eigenvalue weighted by atomic mass is 9.93. The molecule has 0 amide bonds. The third-order valence-corrected chi connectivity index (χ3v) is 6.95. The Labute approximate surface area is 162 Å². The molecule has 1 saturated heterocycles. The molecule has 27 heavy (non-hydrogen) atoms. The third kappa shape index (κ3) is 4.39. The summed E-state index contributed by atoms with van der Waals surface area (Å²) in [5.41, 5.74) is 3.06. The van der Waals surface area contributed by atoms with Gasteiger partial charge in [-0.3, -0.25) is 9.67 Å². The smallest absolute Gasteiger partial charge is 0.261 e. The van der Waals surface area contributed by atoms with Crippen molar-refractivity contribution >= 4 is 10.2 Å². The minimum absolute atomic E-state index is 0.281. The molecule has 1 fully saturated rings. The van der Waals surface area contributed by atoms with E-state index in [0.29, 0.717) is 19.0 Å². The average Bonchev–Trinajstić information content (AvgIpc) is 3.12. The van der Waals surface area contributed by atoms with Crippen LogP contribution in [0.1, 0.15) is 38.3 Å². The first-order valence-electron chi connectivity index (χ1n) is 9.45. The number of pyridine rings is 1. The third-order valence-electron chi connectivity index (χ3n) is 5.04. The fraction of sp³-hybridized carbons (Fsp3) is 0.579. The maximum Gasteiger partial charge on any atom is 0.281 e. The Morgan fingerprint density at radius 3 is 2.67 bits per heavy atom. The van der Waals surface area contributed by atoms with Crippen molar-refractivity contribution in [3.05, 3.63) is 36.2 Å². The largest absolute Gasteiger partial charge is 0.281 e. The summed E-state index contributed by atoms with van der Waals surface area (Å²) in [6.07, 6.45) is 6.49. The second-order valence-corrected chi connectivity index (χ2v) is 9.81. The molecule has 2 aromatic heterocycles. The second kappa shape index (κ2) is 8.08. The Hall–Kier alpha value is -1.77. The summed E-state index contributed by atoms with van der Waals surface area (Å²) in [6, 6.07) is 6.39. The molecule has 0 N–H and O–H groups in total. The molecular formula is C19H29N5O2S. The predicted molar refractivity (Wildman–Crippen MR) is 106 cm³/mol. The van der Waals surface area contributed by atoms with Crippen LogP contribution in [0.4, 0.5) is 0 Å². The minimum atomic E-state index is -3.33. The molecule has 8 heteroatoms. The highest BCUT2D eigenvalue weighted by Crippen LogP contribution is 2.25. The molecule has 1 atom stereocenters. The molecule has 0 aromatic carbocycles. The van der Waals surface area contributed by atoms with Gasteiger partial charge in [0.2, 0.25) is 0 Å². The van der Waals surface area contributed by atoms with Crippen LogP contribution in [-0.4, -0.2) is 59.0 Å². The van der Waals surface area contributed by atoms with Crippen LogP contribution < -0.4 is 0 Å². The second-order valence-electron chi connectivity index (χ2n) is 7.67. The van der Waals surface area contributed by atoms with Crippen LogP contribution in [0.2, 0.25) is 0 Å². The standard InChI is InChI=1S/C19H29N5O2S/c1-15(2)24-19(9-10-21-24)18-8-7-16(13-20-18)12-17-6-5-11-23(14-17)27(25,26)22(3)4/h7-10,13,15,17H,5-6,11-12,14H2,1-4H3/t17-/m0/s1. The highest BCUT2D eigenvalue weighted by Gasteiger charge is 2.30. The van der Waals surface area contributed by atoms with E-state index >= 15 is 0 Å². The van der Waals surface area contributed by atoms with E-state index < -0.39 is 10.2 Å². The quantitative estimate of drug-likeness (QED) is 0.759. The van der Waals surface area contributed by atoms with Crippen molar-refractivity contribution in [2.45, 2.75) is 39.2 Å². The van der Waals surface area contributed by atoms with Gasteiger partial charge < -0.3 is 0 Å². The summed E-state index contributed by atoms with van der Waals surface area (Å²) in [7, 11) is -0.160. The number of nitrogens with zero attached hydrogens (tertiary/aromatic N) is 5. The lowest BCUT2D eigenvalue weighted by molar-refractivity contribution is 0.254. The first-order chi connectivity index (χ1) is 12.8. The summed E-state index contributed by atoms with van der Waals surface area (Å²) in [6.45, 7) is 5.37. The van der Waals surface area contributed by atoms with Crippen LogP contribution in [0.3, 0.4) is 0 Å². The molecule has 1 aliphatic rings. The molecule has 0 bridgehead atoms. The molecule has 0 radical (unpaired) electrons. The Balaban J connectivity index is 1.69. The summed E-state index contributed by atoms with van der Waals surface area (Å²) in [4.78, 5) is 4.62. The van der Waals surface area contributed by atoms with Gasteiger partial charge in [-0.1, -0.05) is 6.07 Å². The topological polar surface area (TPSA) is 71.3 Å². The maximum absolute atomic E-state index is 12.4. The van der Waals surface area contributed by atoms with Crippen LogP contribution in [0.5, 0.6) is 0 Å². The van der Waals surface area contributed by atoms with Crippen LogP contribution in [0, 0.1) is 5.92 Å². The Kier molecular flexibility index (Phi) is 5.98. The van der Waals surface area contributed by atoms with E-state index in [0.717, 1.165) is 36.2 Å². The van der Waals surface area contributed by atoms with Crippen LogP contribution >= 0.6 is 0 Å². The van der Waals surface area contributed by atoms with Crippen molar-refractivity contribution in [3.8, 4) is 11.4 Å². The number of piperidine rings is 1. The molecule has 3 rings (SSSR count).